The van der Waals surface area contributed by atoms with Crippen molar-refractivity contribution in [2.75, 3.05) is 26.8 Å². The van der Waals surface area contributed by atoms with Gasteiger partial charge in [0.2, 0.25) is 15.9 Å². The van der Waals surface area contributed by atoms with Gasteiger partial charge < -0.3 is 14.8 Å². The lowest BCUT2D eigenvalue weighted by atomic mass is 9.98. The van der Waals surface area contributed by atoms with Gasteiger partial charge in [0.25, 0.3) is 0 Å². The highest BCUT2D eigenvalue weighted by molar-refractivity contribution is 7.89. The van der Waals surface area contributed by atoms with Crippen LogP contribution >= 0.6 is 0 Å². The Morgan fingerprint density at radius 1 is 1.13 bits per heavy atom. The SMILES string of the molecule is COc1ccc(S(=O)(=O)N2CCCC(C(=O)NC(C)COc3ccc(C)cc3)C2)cc1. The lowest BCUT2D eigenvalue weighted by molar-refractivity contribution is -0.126. The number of piperidine rings is 1. The molecule has 0 radical (unpaired) electrons. The van der Waals surface area contributed by atoms with E-state index in [0.29, 0.717) is 31.7 Å². The first kappa shape index (κ1) is 23.1. The summed E-state index contributed by atoms with van der Waals surface area (Å²) in [5.41, 5.74) is 1.15. The topological polar surface area (TPSA) is 84.9 Å². The van der Waals surface area contributed by atoms with Crippen molar-refractivity contribution in [1.29, 1.82) is 0 Å². The first-order valence-electron chi connectivity index (χ1n) is 10.4. The lowest BCUT2D eigenvalue weighted by Gasteiger charge is -2.31. The predicted octanol–water partition coefficient (Wildman–Crippen LogP) is 2.99. The van der Waals surface area contributed by atoms with Gasteiger partial charge in [-0.3, -0.25) is 4.79 Å². The summed E-state index contributed by atoms with van der Waals surface area (Å²) in [6, 6.07) is 13.8. The Labute approximate surface area is 184 Å². The number of ether oxygens (including phenoxy) is 2. The first-order valence-corrected chi connectivity index (χ1v) is 11.9. The van der Waals surface area contributed by atoms with Gasteiger partial charge in [-0.05, 0) is 63.1 Å². The van der Waals surface area contributed by atoms with Crippen molar-refractivity contribution >= 4 is 15.9 Å². The number of carbonyl (C=O) groups excluding carboxylic acids is 1. The maximum atomic E-state index is 13.0. The molecule has 2 aromatic rings. The summed E-state index contributed by atoms with van der Waals surface area (Å²) in [6.07, 6.45) is 1.30. The summed E-state index contributed by atoms with van der Waals surface area (Å²) in [6.45, 7) is 4.81. The average molecular weight is 447 g/mol. The molecule has 1 saturated heterocycles. The van der Waals surface area contributed by atoms with E-state index in [1.54, 1.807) is 12.1 Å². The molecule has 8 heteroatoms. The van der Waals surface area contributed by atoms with Crippen LogP contribution in [0.2, 0.25) is 0 Å². The normalized spacial score (nSPS) is 18.2. The molecule has 1 aliphatic rings. The number of rotatable bonds is 8. The minimum Gasteiger partial charge on any atom is -0.497 e. The lowest BCUT2D eigenvalue weighted by Crippen LogP contribution is -2.48. The summed E-state index contributed by atoms with van der Waals surface area (Å²) < 4.78 is 38.2. The Morgan fingerprint density at radius 2 is 1.77 bits per heavy atom. The van der Waals surface area contributed by atoms with Gasteiger partial charge in [-0.2, -0.15) is 4.31 Å². The molecular weight excluding hydrogens is 416 g/mol. The highest BCUT2D eigenvalue weighted by Gasteiger charge is 2.33. The summed E-state index contributed by atoms with van der Waals surface area (Å²) in [5, 5.41) is 2.96. The zero-order chi connectivity index (χ0) is 22.4. The molecule has 0 bridgehead atoms. The summed E-state index contributed by atoms with van der Waals surface area (Å²) >= 11 is 0. The van der Waals surface area contributed by atoms with Crippen LogP contribution < -0.4 is 14.8 Å². The van der Waals surface area contributed by atoms with Gasteiger partial charge in [0.15, 0.2) is 0 Å². The van der Waals surface area contributed by atoms with E-state index in [2.05, 4.69) is 5.32 Å². The molecule has 2 atom stereocenters. The minimum absolute atomic E-state index is 0.144. The zero-order valence-electron chi connectivity index (χ0n) is 18.2. The highest BCUT2D eigenvalue weighted by atomic mass is 32.2. The van der Waals surface area contributed by atoms with E-state index < -0.39 is 10.0 Å². The second-order valence-electron chi connectivity index (χ2n) is 7.91. The molecule has 0 spiro atoms. The fourth-order valence-electron chi connectivity index (χ4n) is 3.53. The third-order valence-electron chi connectivity index (χ3n) is 5.36. The summed E-state index contributed by atoms with van der Waals surface area (Å²) in [7, 11) is -2.13. The molecular formula is C23H30N2O5S. The fraction of sp³-hybridized carbons (Fsp3) is 0.435. The molecule has 168 valence electrons. The predicted molar refractivity (Wildman–Crippen MR) is 119 cm³/mol. The number of hydrogen-bond donors (Lipinski definition) is 1. The molecule has 3 rings (SSSR count). The molecule has 0 aromatic heterocycles. The van der Waals surface area contributed by atoms with Crippen LogP contribution in [0, 0.1) is 12.8 Å². The van der Waals surface area contributed by atoms with Crippen LogP contribution in [0.15, 0.2) is 53.4 Å². The van der Waals surface area contributed by atoms with Crippen molar-refractivity contribution in [3.63, 3.8) is 0 Å². The van der Waals surface area contributed by atoms with Crippen molar-refractivity contribution in [2.24, 2.45) is 5.92 Å². The van der Waals surface area contributed by atoms with Crippen LogP contribution in [0.5, 0.6) is 11.5 Å². The zero-order valence-corrected chi connectivity index (χ0v) is 19.0. The third kappa shape index (κ3) is 5.98. The van der Waals surface area contributed by atoms with E-state index in [1.807, 2.05) is 38.1 Å². The molecule has 7 nitrogen and oxygen atoms in total. The molecule has 1 N–H and O–H groups in total. The van der Waals surface area contributed by atoms with Gasteiger partial charge in [0.1, 0.15) is 18.1 Å². The fourth-order valence-corrected chi connectivity index (χ4v) is 5.05. The van der Waals surface area contributed by atoms with Crippen LogP contribution in [0.4, 0.5) is 0 Å². The Kier molecular flexibility index (Phi) is 7.56. The van der Waals surface area contributed by atoms with Crippen molar-refractivity contribution in [1.82, 2.24) is 9.62 Å². The second-order valence-corrected chi connectivity index (χ2v) is 9.85. The molecule has 2 unspecified atom stereocenters. The maximum Gasteiger partial charge on any atom is 0.243 e. The molecule has 2 aromatic carbocycles. The third-order valence-corrected chi connectivity index (χ3v) is 7.24. The summed E-state index contributed by atoms with van der Waals surface area (Å²) in [5.74, 6) is 0.816. The summed E-state index contributed by atoms with van der Waals surface area (Å²) in [4.78, 5) is 13.0. The second kappa shape index (κ2) is 10.2. The van der Waals surface area contributed by atoms with Gasteiger partial charge in [-0.15, -0.1) is 0 Å². The minimum atomic E-state index is -3.66. The molecule has 31 heavy (non-hydrogen) atoms. The highest BCUT2D eigenvalue weighted by Crippen LogP contribution is 2.25. The van der Waals surface area contributed by atoms with E-state index in [9.17, 15) is 13.2 Å². The van der Waals surface area contributed by atoms with Gasteiger partial charge >= 0.3 is 0 Å². The number of methoxy groups -OCH3 is 1. The van der Waals surface area contributed by atoms with Gasteiger partial charge in [0.05, 0.1) is 24.0 Å². The molecule has 0 aliphatic carbocycles. The van der Waals surface area contributed by atoms with Gasteiger partial charge in [-0.1, -0.05) is 17.7 Å². The van der Waals surface area contributed by atoms with E-state index in [1.165, 1.54) is 23.5 Å². The number of amides is 1. The monoisotopic (exact) mass is 446 g/mol. The van der Waals surface area contributed by atoms with Crippen LogP contribution in [0.25, 0.3) is 0 Å². The molecule has 1 fully saturated rings. The Hall–Kier alpha value is -2.58. The number of nitrogens with zero attached hydrogens (tertiary/aromatic N) is 1. The van der Waals surface area contributed by atoms with Crippen molar-refractivity contribution in [3.05, 3.63) is 54.1 Å². The standard InChI is InChI=1S/C23H30N2O5S/c1-17-6-8-21(9-7-17)30-16-18(2)24-23(26)19-5-4-14-25(15-19)31(27,28)22-12-10-20(29-3)11-13-22/h6-13,18-19H,4-5,14-16H2,1-3H3,(H,24,26). The number of benzene rings is 2. The van der Waals surface area contributed by atoms with Gasteiger partial charge in [0, 0.05) is 13.1 Å². The molecule has 1 heterocycles. The number of nitrogens with one attached hydrogen (secondary N) is 1. The Bertz CT molecular complexity index is 974. The quantitative estimate of drug-likeness (QED) is 0.674. The Morgan fingerprint density at radius 3 is 2.42 bits per heavy atom. The largest absolute Gasteiger partial charge is 0.497 e. The van der Waals surface area contributed by atoms with Crippen LogP contribution in [-0.2, 0) is 14.8 Å². The van der Waals surface area contributed by atoms with Crippen molar-refractivity contribution < 1.29 is 22.7 Å². The van der Waals surface area contributed by atoms with E-state index in [0.717, 1.165) is 11.3 Å². The van der Waals surface area contributed by atoms with Crippen LogP contribution in [-0.4, -0.2) is 51.5 Å². The van der Waals surface area contributed by atoms with Crippen LogP contribution in [0.1, 0.15) is 25.3 Å². The van der Waals surface area contributed by atoms with Crippen molar-refractivity contribution in [3.8, 4) is 11.5 Å². The van der Waals surface area contributed by atoms with E-state index in [4.69, 9.17) is 9.47 Å². The molecule has 1 aliphatic heterocycles. The maximum absolute atomic E-state index is 13.0. The van der Waals surface area contributed by atoms with Gasteiger partial charge in [-0.25, -0.2) is 8.42 Å². The van der Waals surface area contributed by atoms with E-state index in [-0.39, 0.29) is 29.3 Å². The Balaban J connectivity index is 1.56. The molecule has 0 saturated carbocycles. The molecule has 1 amide bonds. The average Bonchev–Trinajstić information content (AvgIpc) is 2.78. The number of sulfonamides is 1. The smallest absolute Gasteiger partial charge is 0.243 e. The van der Waals surface area contributed by atoms with Crippen LogP contribution in [0.3, 0.4) is 0 Å². The van der Waals surface area contributed by atoms with Crippen molar-refractivity contribution in [2.45, 2.75) is 37.6 Å². The number of carbonyl (C=O) groups is 1. The van der Waals surface area contributed by atoms with E-state index >= 15 is 0 Å². The number of aryl methyl sites for hydroxylation is 1. The number of hydrogen-bond acceptors (Lipinski definition) is 5. The first-order chi connectivity index (χ1) is 14.8.